The van der Waals surface area contributed by atoms with Crippen molar-refractivity contribution in [3.8, 4) is 45.6 Å². The Bertz CT molecular complexity index is 3400. The molecule has 2 N–H and O–H groups in total. The average molecular weight is 1110 g/mol. The van der Waals surface area contributed by atoms with E-state index in [9.17, 15) is 51.9 Å². The molecule has 0 spiro atoms. The Kier molecular flexibility index (Phi) is 11.6. The van der Waals surface area contributed by atoms with Crippen LogP contribution in [-0.4, -0.2) is 91.8 Å². The molecule has 0 fully saturated rings. The van der Waals surface area contributed by atoms with Gasteiger partial charge in [0.1, 0.15) is 63.1 Å². The van der Waals surface area contributed by atoms with E-state index in [0.29, 0.717) is 21.9 Å². The molecule has 0 aliphatic carbocycles. The van der Waals surface area contributed by atoms with Crippen molar-refractivity contribution in [1.29, 1.82) is 0 Å². The minimum absolute atomic E-state index is 0.00648. The summed E-state index contributed by atoms with van der Waals surface area (Å²) >= 11 is 4.04. The molecule has 9 rings (SSSR count). The number of aromatic nitrogens is 8. The number of hydrogen-bond donors (Lipinski definition) is 2. The molecular weight excluding hydrogens is 1090 g/mol. The number of benzene rings is 4. The predicted octanol–water partition coefficient (Wildman–Crippen LogP) is 3.86. The summed E-state index contributed by atoms with van der Waals surface area (Å²) < 4.78 is 154. The van der Waals surface area contributed by atoms with E-state index in [0.717, 1.165) is 0 Å². The fourth-order valence-corrected chi connectivity index (χ4v) is 11.6. The molecule has 2 aliphatic rings. The molecule has 0 amide bonds. The van der Waals surface area contributed by atoms with Crippen LogP contribution < -0.4 is 0 Å². The molecule has 60 heavy (non-hydrogen) atoms. The summed E-state index contributed by atoms with van der Waals surface area (Å²) in [5.74, 6) is -0.637. The number of aromatic amines is 2. The van der Waals surface area contributed by atoms with Crippen LogP contribution in [0.5, 0.6) is 0 Å². The molecule has 3 aromatic heterocycles. The molecule has 4 aromatic carbocycles. The Morgan fingerprint density at radius 1 is 0.383 bits per heavy atom. The van der Waals surface area contributed by atoms with E-state index in [4.69, 9.17) is 9.97 Å². The standard InChI is InChI=1S/C32H18N8O12S4.2ClH.2Rh/c41-53(42,43)21-19-20(22(54(44,45)46)24(56(50,51)52)23(21)55(47,48)49)32-39-30-18-12-6-4-10-16(18)28(37-30)35-26-14-8-2-1-7-13(14)25(33-26)34-27-15-9-3-5-11-17(15)29(36-27)38-31(19)40-32;;;;/h1-12H,(H,41,42,43)(H,44,45,46)(H,47,48,49)(H,50,51,52)(H2,33,34,35,36,37,38,39,40);2*1H;;/q;;;2*+3/p-6. The second kappa shape index (κ2) is 15.9. The van der Waals surface area contributed by atoms with Crippen LogP contribution in [0.4, 0.5) is 0 Å². The van der Waals surface area contributed by atoms with Crippen LogP contribution in [0.2, 0.25) is 0 Å². The van der Waals surface area contributed by atoms with Crippen molar-refractivity contribution >= 4 is 104 Å². The molecule has 5 heterocycles. The first-order valence-electron chi connectivity index (χ1n) is 15.7. The van der Waals surface area contributed by atoms with Crippen molar-refractivity contribution in [1.82, 2.24) is 39.9 Å². The van der Waals surface area contributed by atoms with E-state index >= 15 is 0 Å². The quantitative estimate of drug-likeness (QED) is 0.187. The van der Waals surface area contributed by atoms with Crippen LogP contribution in [0.15, 0.2) is 92.4 Å². The monoisotopic (exact) mass is 1110 g/mol. The predicted molar refractivity (Wildman–Crippen MR) is 200 cm³/mol. The first-order valence-corrected chi connectivity index (χ1v) is 25.6. The molecule has 0 radical (unpaired) electrons. The van der Waals surface area contributed by atoms with Crippen LogP contribution in [-0.2, 0) is 75.1 Å². The Labute approximate surface area is 365 Å². The molecule has 0 saturated heterocycles. The number of nitrogens with zero attached hydrogens (tertiary/aromatic N) is 6. The Morgan fingerprint density at radius 2 is 0.633 bits per heavy atom. The number of H-pyrrole nitrogens is 2. The molecule has 28 heteroatoms. The first-order chi connectivity index (χ1) is 28.3. The van der Waals surface area contributed by atoms with Crippen LogP contribution in [0.25, 0.3) is 89.7 Å². The molecule has 310 valence electrons. The number of hydrogen-bond acceptors (Lipinski definition) is 18. The Hall–Kier alpha value is -4.29. The third-order valence-corrected chi connectivity index (χ3v) is 12.8. The molecule has 0 unspecified atom stereocenters. The van der Waals surface area contributed by atoms with Crippen LogP contribution in [0.1, 0.15) is 0 Å². The van der Waals surface area contributed by atoms with Gasteiger partial charge in [0.05, 0.1) is 19.6 Å². The maximum absolute atomic E-state index is 13.0. The van der Waals surface area contributed by atoms with E-state index in [2.05, 4.69) is 49.3 Å². The van der Waals surface area contributed by atoms with Crippen molar-refractivity contribution in [3.05, 3.63) is 72.8 Å². The van der Waals surface area contributed by atoms with Gasteiger partial charge in [0, 0.05) is 43.8 Å². The van der Waals surface area contributed by atoms with Gasteiger partial charge in [-0.3, -0.25) is 0 Å². The van der Waals surface area contributed by atoms with Gasteiger partial charge in [0.25, 0.3) is 0 Å². The van der Waals surface area contributed by atoms with E-state index in [-0.39, 0.29) is 45.7 Å². The second-order valence-electron chi connectivity index (χ2n) is 12.1. The summed E-state index contributed by atoms with van der Waals surface area (Å²) in [6.07, 6.45) is 0. The molecule has 0 saturated carbocycles. The SMILES string of the molecule is O=S(=O)([O-])c1c(S(=O)(=O)[O-])c(S(=O)(=O)[O-])c2c3nc4nc(nc5[nH]c(nc6nc(nc([nH]3)c2c1S(=O)(=O)[O-])-c1ccccc1-6)c1ccccc51)-c1ccccc1-4.[Cl][Rh+2].[Cl][Rh+2]. The van der Waals surface area contributed by atoms with Crippen LogP contribution >= 0.6 is 19.4 Å². The van der Waals surface area contributed by atoms with Crippen LogP contribution in [0, 0.1) is 0 Å². The molecule has 20 nitrogen and oxygen atoms in total. The van der Waals surface area contributed by atoms with E-state index in [1.165, 1.54) is 12.1 Å². The van der Waals surface area contributed by atoms with Crippen molar-refractivity contribution < 1.29 is 86.5 Å². The third-order valence-electron chi connectivity index (χ3n) is 8.82. The van der Waals surface area contributed by atoms with Gasteiger partial charge in [0.15, 0.2) is 23.3 Å². The van der Waals surface area contributed by atoms with Gasteiger partial charge in [-0.25, -0.2) is 63.6 Å². The number of fused-ring (bicyclic) bond motifs is 20. The summed E-state index contributed by atoms with van der Waals surface area (Å²) in [6, 6.07) is 19.6. The fraction of sp³-hybridized carbons (Fsp3) is 0. The van der Waals surface area contributed by atoms with Gasteiger partial charge < -0.3 is 28.2 Å². The summed E-state index contributed by atoms with van der Waals surface area (Å²) in [5.41, 5.74) is -0.283. The van der Waals surface area contributed by atoms with Gasteiger partial charge in [-0.15, -0.1) is 0 Å². The van der Waals surface area contributed by atoms with E-state index in [1.807, 2.05) is 34.6 Å². The molecular formula is C32H14Cl2N8O12Rh2S4. The summed E-state index contributed by atoms with van der Waals surface area (Å²) in [4.78, 5) is 23.0. The molecule has 2 aliphatic heterocycles. The minimum atomic E-state index is -6.60. The summed E-state index contributed by atoms with van der Waals surface area (Å²) in [7, 11) is -16.9. The summed E-state index contributed by atoms with van der Waals surface area (Å²) in [6.45, 7) is 0. The van der Waals surface area contributed by atoms with Crippen molar-refractivity contribution in [2.24, 2.45) is 0 Å². The molecule has 8 bridgehead atoms. The Balaban J connectivity index is 0.00000132. The zero-order chi connectivity index (χ0) is 43.7. The van der Waals surface area contributed by atoms with Gasteiger partial charge in [-0.05, 0) is 0 Å². The average Bonchev–Trinajstić information content (AvgIpc) is 3.93. The van der Waals surface area contributed by atoms with Crippen molar-refractivity contribution in [3.63, 3.8) is 0 Å². The maximum atomic E-state index is 13.0. The topological polar surface area (TPSA) is 338 Å². The zero-order valence-electron chi connectivity index (χ0n) is 28.6. The van der Waals surface area contributed by atoms with E-state index in [1.54, 1.807) is 60.7 Å². The second-order valence-corrected chi connectivity index (χ2v) is 17.4. The number of rotatable bonds is 4. The van der Waals surface area contributed by atoms with Gasteiger partial charge in [-0.2, -0.15) is 0 Å². The van der Waals surface area contributed by atoms with Crippen molar-refractivity contribution in [2.45, 2.75) is 19.6 Å². The number of nitrogens with one attached hydrogen (secondary N) is 2. The number of halogens is 2. The van der Waals surface area contributed by atoms with Gasteiger partial charge >= 0.3 is 54.0 Å². The first kappa shape index (κ1) is 43.8. The zero-order valence-corrected chi connectivity index (χ0v) is 36.6. The van der Waals surface area contributed by atoms with Crippen molar-refractivity contribution in [2.75, 3.05) is 0 Å². The van der Waals surface area contributed by atoms with Gasteiger partial charge in [0.2, 0.25) is 0 Å². The molecule has 0 atom stereocenters. The fourth-order valence-electron chi connectivity index (χ4n) is 6.72. The van der Waals surface area contributed by atoms with Gasteiger partial charge in [-0.1, -0.05) is 72.8 Å². The normalized spacial score (nSPS) is 12.5. The molecule has 7 aromatic rings. The van der Waals surface area contributed by atoms with Crippen LogP contribution in [0.3, 0.4) is 0 Å². The summed E-state index contributed by atoms with van der Waals surface area (Å²) in [5, 5.41) is -1.56. The van der Waals surface area contributed by atoms with E-state index < -0.39 is 82.1 Å². The Morgan fingerprint density at radius 3 is 0.917 bits per heavy atom. The third kappa shape index (κ3) is 7.54.